The molecule has 2 aromatic carbocycles. The summed E-state index contributed by atoms with van der Waals surface area (Å²) in [6.45, 7) is 0. The summed E-state index contributed by atoms with van der Waals surface area (Å²) in [6.07, 6.45) is -4.98. The third-order valence-electron chi connectivity index (χ3n) is 2.82. The first-order valence-corrected chi connectivity index (χ1v) is 6.49. The quantitative estimate of drug-likeness (QED) is 0.895. The van der Waals surface area contributed by atoms with Gasteiger partial charge in [-0.3, -0.25) is 4.79 Å². The largest absolute Gasteiger partial charge is 0.573 e. The number of aliphatic carboxylic acids is 1. The average Bonchev–Trinajstić information content (AvgIpc) is 2.40. The predicted molar refractivity (Wildman–Crippen MR) is 74.9 cm³/mol. The first-order valence-electron chi connectivity index (χ1n) is 6.11. The van der Waals surface area contributed by atoms with E-state index < -0.39 is 12.3 Å². The Labute approximate surface area is 128 Å². The number of benzene rings is 2. The highest BCUT2D eigenvalue weighted by atomic mass is 35.5. The van der Waals surface area contributed by atoms with Crippen LogP contribution in [0.1, 0.15) is 5.56 Å². The van der Waals surface area contributed by atoms with Crippen molar-refractivity contribution in [1.82, 2.24) is 0 Å². The minimum atomic E-state index is -4.75. The molecule has 0 aromatic heterocycles. The van der Waals surface area contributed by atoms with E-state index in [1.807, 2.05) is 0 Å². The number of carbonyl (C=O) groups is 1. The summed E-state index contributed by atoms with van der Waals surface area (Å²) in [7, 11) is 0. The summed E-state index contributed by atoms with van der Waals surface area (Å²) in [5.41, 5.74) is 1.54. The van der Waals surface area contributed by atoms with E-state index in [1.165, 1.54) is 24.3 Å². The highest BCUT2D eigenvalue weighted by Crippen LogP contribution is 2.32. The molecule has 0 radical (unpaired) electrons. The fourth-order valence-corrected chi connectivity index (χ4v) is 2.24. The molecule has 0 unspecified atom stereocenters. The zero-order valence-corrected chi connectivity index (χ0v) is 11.8. The van der Waals surface area contributed by atoms with Crippen molar-refractivity contribution in [3.8, 4) is 16.9 Å². The van der Waals surface area contributed by atoms with Crippen molar-refractivity contribution in [2.45, 2.75) is 12.8 Å². The van der Waals surface area contributed by atoms with Crippen LogP contribution >= 0.6 is 11.6 Å². The Morgan fingerprint density at radius 3 is 2.32 bits per heavy atom. The molecule has 0 spiro atoms. The van der Waals surface area contributed by atoms with Crippen LogP contribution in [-0.2, 0) is 11.2 Å². The third kappa shape index (κ3) is 4.14. The molecule has 0 saturated heterocycles. The third-order valence-corrected chi connectivity index (χ3v) is 3.27. The molecular formula is C15H10ClF3O3. The monoisotopic (exact) mass is 330 g/mol. The van der Waals surface area contributed by atoms with Crippen molar-refractivity contribution in [2.24, 2.45) is 0 Å². The number of alkyl halides is 3. The summed E-state index contributed by atoms with van der Waals surface area (Å²) in [6, 6.07) is 10.1. The van der Waals surface area contributed by atoms with Crippen LogP contribution in [0.3, 0.4) is 0 Å². The Balaban J connectivity index is 2.30. The van der Waals surface area contributed by atoms with Gasteiger partial charge in [0, 0.05) is 5.56 Å². The van der Waals surface area contributed by atoms with Gasteiger partial charge in [-0.15, -0.1) is 13.2 Å². The lowest BCUT2D eigenvalue weighted by molar-refractivity contribution is -0.274. The summed E-state index contributed by atoms with van der Waals surface area (Å²) < 4.78 is 40.1. The van der Waals surface area contributed by atoms with E-state index in [0.717, 1.165) is 0 Å². The molecule has 0 aliphatic carbocycles. The van der Waals surface area contributed by atoms with Gasteiger partial charge in [-0.2, -0.15) is 0 Å². The number of carboxylic acid groups (broad SMARTS) is 1. The van der Waals surface area contributed by atoms with Gasteiger partial charge in [0.2, 0.25) is 0 Å². The van der Waals surface area contributed by atoms with Crippen LogP contribution in [0.5, 0.6) is 5.75 Å². The van der Waals surface area contributed by atoms with Crippen molar-refractivity contribution in [2.75, 3.05) is 0 Å². The summed E-state index contributed by atoms with van der Waals surface area (Å²) in [5, 5.41) is 9.07. The summed E-state index contributed by atoms with van der Waals surface area (Å²) in [5.74, 6) is -1.36. The fourth-order valence-electron chi connectivity index (χ4n) is 1.94. The van der Waals surface area contributed by atoms with Gasteiger partial charge < -0.3 is 9.84 Å². The number of ether oxygens (including phenoxy) is 1. The van der Waals surface area contributed by atoms with Crippen molar-refractivity contribution in [1.29, 1.82) is 0 Å². The summed E-state index contributed by atoms with van der Waals surface area (Å²) in [4.78, 5) is 10.8. The van der Waals surface area contributed by atoms with Gasteiger partial charge in [0.05, 0.1) is 11.4 Å². The van der Waals surface area contributed by atoms with Gasteiger partial charge >= 0.3 is 12.3 Å². The molecular weight excluding hydrogens is 321 g/mol. The van der Waals surface area contributed by atoms with Crippen molar-refractivity contribution >= 4 is 17.6 Å². The molecule has 3 nitrogen and oxygen atoms in total. The van der Waals surface area contributed by atoms with Crippen LogP contribution in [0.4, 0.5) is 13.2 Å². The van der Waals surface area contributed by atoms with Crippen LogP contribution in [0, 0.1) is 0 Å². The normalized spacial score (nSPS) is 11.3. The topological polar surface area (TPSA) is 46.5 Å². The second kappa shape index (κ2) is 6.27. The molecule has 7 heteroatoms. The highest BCUT2D eigenvalue weighted by molar-refractivity contribution is 6.34. The zero-order valence-electron chi connectivity index (χ0n) is 11.0. The molecule has 0 bridgehead atoms. The van der Waals surface area contributed by atoms with E-state index >= 15 is 0 Å². The molecule has 116 valence electrons. The van der Waals surface area contributed by atoms with Gasteiger partial charge in [0.25, 0.3) is 0 Å². The molecule has 0 amide bonds. The van der Waals surface area contributed by atoms with Crippen LogP contribution in [0.15, 0.2) is 42.5 Å². The lowest BCUT2D eigenvalue weighted by Crippen LogP contribution is -2.16. The smallest absolute Gasteiger partial charge is 0.481 e. The van der Waals surface area contributed by atoms with Crippen LogP contribution in [0.25, 0.3) is 11.1 Å². The minimum Gasteiger partial charge on any atom is -0.481 e. The lowest BCUT2D eigenvalue weighted by atomic mass is 10.0. The average molecular weight is 331 g/mol. The lowest BCUT2D eigenvalue weighted by Gasteiger charge is -2.11. The van der Waals surface area contributed by atoms with Crippen molar-refractivity contribution in [3.63, 3.8) is 0 Å². The van der Waals surface area contributed by atoms with Gasteiger partial charge in [-0.1, -0.05) is 41.9 Å². The molecule has 2 rings (SSSR count). The van der Waals surface area contributed by atoms with Gasteiger partial charge in [-0.25, -0.2) is 0 Å². The number of halogens is 4. The van der Waals surface area contributed by atoms with E-state index in [2.05, 4.69) is 4.74 Å². The first-order chi connectivity index (χ1) is 10.3. The molecule has 0 aliphatic heterocycles. The molecule has 0 aliphatic rings. The maximum atomic E-state index is 12.1. The minimum absolute atomic E-state index is 0.234. The van der Waals surface area contributed by atoms with Crippen LogP contribution < -0.4 is 4.74 Å². The van der Waals surface area contributed by atoms with Gasteiger partial charge in [0.15, 0.2) is 0 Å². The van der Waals surface area contributed by atoms with Crippen LogP contribution in [0.2, 0.25) is 5.02 Å². The molecule has 0 saturated carbocycles. The van der Waals surface area contributed by atoms with Crippen LogP contribution in [-0.4, -0.2) is 17.4 Å². The Kier molecular flexibility index (Phi) is 4.61. The van der Waals surface area contributed by atoms with E-state index in [-0.39, 0.29) is 17.2 Å². The molecule has 2 aromatic rings. The standard InChI is InChI=1S/C15H10ClF3O3/c16-14-10(8-13(20)21)2-1-3-12(14)9-4-6-11(7-5-9)22-15(17,18)19/h1-7H,8H2,(H,20,21). The van der Waals surface area contributed by atoms with Crippen molar-refractivity contribution in [3.05, 3.63) is 53.1 Å². The summed E-state index contributed by atoms with van der Waals surface area (Å²) >= 11 is 6.16. The van der Waals surface area contributed by atoms with Gasteiger partial charge in [-0.05, 0) is 23.3 Å². The Hall–Kier alpha value is -2.21. The van der Waals surface area contributed by atoms with Gasteiger partial charge in [0.1, 0.15) is 5.75 Å². The number of carboxylic acids is 1. The maximum absolute atomic E-state index is 12.1. The first kappa shape index (κ1) is 16.2. The number of hydrogen-bond acceptors (Lipinski definition) is 2. The Morgan fingerprint density at radius 1 is 1.14 bits per heavy atom. The highest BCUT2D eigenvalue weighted by Gasteiger charge is 2.31. The molecule has 0 atom stereocenters. The number of rotatable bonds is 4. The van der Waals surface area contributed by atoms with E-state index in [9.17, 15) is 18.0 Å². The molecule has 0 heterocycles. The maximum Gasteiger partial charge on any atom is 0.573 e. The number of hydrogen-bond donors (Lipinski definition) is 1. The van der Waals surface area contributed by atoms with E-state index in [4.69, 9.17) is 16.7 Å². The molecule has 1 N–H and O–H groups in total. The Bertz CT molecular complexity index is 681. The molecule has 22 heavy (non-hydrogen) atoms. The zero-order chi connectivity index (χ0) is 16.3. The SMILES string of the molecule is O=C(O)Cc1cccc(-c2ccc(OC(F)(F)F)cc2)c1Cl. The van der Waals surface area contributed by atoms with Crippen molar-refractivity contribution < 1.29 is 27.8 Å². The predicted octanol–water partition coefficient (Wildman–Crippen LogP) is 4.53. The van der Waals surface area contributed by atoms with E-state index in [1.54, 1.807) is 18.2 Å². The fraction of sp³-hybridized carbons (Fsp3) is 0.133. The molecule has 0 fully saturated rings. The second-order valence-corrected chi connectivity index (χ2v) is 4.80. The van der Waals surface area contributed by atoms with E-state index in [0.29, 0.717) is 16.7 Å². The second-order valence-electron chi connectivity index (χ2n) is 4.42. The Morgan fingerprint density at radius 2 is 1.77 bits per heavy atom.